The molecule has 1 aliphatic rings. The van der Waals surface area contributed by atoms with Crippen LogP contribution in [0.3, 0.4) is 0 Å². The van der Waals surface area contributed by atoms with E-state index in [1.165, 1.54) is 0 Å². The first-order valence-electron chi connectivity index (χ1n) is 4.89. The van der Waals surface area contributed by atoms with Crippen LogP contribution in [0.15, 0.2) is 25.9 Å². The molecule has 0 spiro atoms. The molecule has 2 aromatic rings. The van der Waals surface area contributed by atoms with E-state index in [9.17, 15) is 4.79 Å². The van der Waals surface area contributed by atoms with Gasteiger partial charge in [0.2, 0.25) is 0 Å². The maximum absolute atomic E-state index is 10.9. The summed E-state index contributed by atoms with van der Waals surface area (Å²) in [5, 5.41) is 3.62. The van der Waals surface area contributed by atoms with Crippen molar-refractivity contribution in [2.45, 2.75) is 0 Å². The van der Waals surface area contributed by atoms with E-state index in [2.05, 4.69) is 30.6 Å². The molecule has 1 aliphatic heterocycles. The molecule has 1 N–H and O–H groups in total. The van der Waals surface area contributed by atoms with E-state index in [0.717, 1.165) is 4.47 Å². The van der Waals surface area contributed by atoms with Crippen LogP contribution in [0.5, 0.6) is 11.5 Å². The third-order valence-corrected chi connectivity index (χ3v) is 2.90. The zero-order chi connectivity index (χ0) is 11.8. The van der Waals surface area contributed by atoms with Gasteiger partial charge in [0.25, 0.3) is 0 Å². The first-order chi connectivity index (χ1) is 8.24. The predicted octanol–water partition coefficient (Wildman–Crippen LogP) is 1.56. The van der Waals surface area contributed by atoms with Crippen molar-refractivity contribution in [1.29, 1.82) is 0 Å². The number of halogens is 1. The highest BCUT2D eigenvalue weighted by Gasteiger charge is 2.18. The number of aromatic nitrogens is 2. The number of nitrogens with one attached hydrogen (secondary N) is 1. The van der Waals surface area contributed by atoms with Crippen molar-refractivity contribution in [3.63, 3.8) is 0 Å². The van der Waals surface area contributed by atoms with Crippen LogP contribution in [0.4, 0.5) is 0 Å². The summed E-state index contributed by atoms with van der Waals surface area (Å²) in [6.07, 6.45) is 0. The highest BCUT2D eigenvalue weighted by Crippen LogP contribution is 2.40. The van der Waals surface area contributed by atoms with E-state index >= 15 is 0 Å². The first kappa shape index (κ1) is 10.4. The van der Waals surface area contributed by atoms with Gasteiger partial charge in [-0.25, -0.2) is 4.79 Å². The third kappa shape index (κ3) is 1.82. The van der Waals surface area contributed by atoms with Gasteiger partial charge in [-0.2, -0.15) is 0 Å². The molecule has 0 bridgehead atoms. The van der Waals surface area contributed by atoms with Crippen LogP contribution in [0, 0.1) is 0 Å². The van der Waals surface area contributed by atoms with Crippen molar-refractivity contribution in [2.75, 3.05) is 13.2 Å². The molecule has 0 fully saturated rings. The quantitative estimate of drug-likeness (QED) is 0.864. The molecule has 0 saturated heterocycles. The van der Waals surface area contributed by atoms with Crippen LogP contribution in [-0.2, 0) is 0 Å². The van der Waals surface area contributed by atoms with Gasteiger partial charge in [-0.15, -0.1) is 0 Å². The Bertz CT molecular complexity index is 619. The summed E-state index contributed by atoms with van der Waals surface area (Å²) in [6.45, 7) is 1.02. The minimum absolute atomic E-state index is 0.354. The average molecular weight is 299 g/mol. The number of benzene rings is 1. The molecule has 0 atom stereocenters. The third-order valence-electron chi connectivity index (χ3n) is 2.31. The molecular formula is C10H7BrN2O4. The van der Waals surface area contributed by atoms with Crippen molar-refractivity contribution in [3.05, 3.63) is 27.2 Å². The number of hydrogen-bond acceptors (Lipinski definition) is 5. The molecule has 0 radical (unpaired) electrons. The van der Waals surface area contributed by atoms with Crippen LogP contribution in [-0.4, -0.2) is 23.4 Å². The molecular weight excluding hydrogens is 292 g/mol. The van der Waals surface area contributed by atoms with Crippen LogP contribution < -0.4 is 15.2 Å². The highest BCUT2D eigenvalue weighted by molar-refractivity contribution is 9.10. The fraction of sp³-hybridized carbons (Fsp3) is 0.200. The molecule has 0 amide bonds. The Balaban J connectivity index is 2.13. The zero-order valence-electron chi connectivity index (χ0n) is 8.53. The van der Waals surface area contributed by atoms with Gasteiger partial charge in [0, 0.05) is 5.56 Å². The van der Waals surface area contributed by atoms with Gasteiger partial charge in [-0.3, -0.25) is 9.51 Å². The van der Waals surface area contributed by atoms with Crippen molar-refractivity contribution >= 4 is 15.9 Å². The summed E-state index contributed by atoms with van der Waals surface area (Å²) in [5.74, 6) is 1.04. The summed E-state index contributed by atoms with van der Waals surface area (Å²) < 4.78 is 16.1. The van der Waals surface area contributed by atoms with E-state index in [1.807, 2.05) is 0 Å². The Morgan fingerprint density at radius 1 is 1.29 bits per heavy atom. The van der Waals surface area contributed by atoms with E-state index in [1.54, 1.807) is 12.1 Å². The Morgan fingerprint density at radius 3 is 2.88 bits per heavy atom. The number of ether oxygens (including phenoxy) is 2. The minimum atomic E-state index is -0.592. The van der Waals surface area contributed by atoms with Crippen LogP contribution in [0.1, 0.15) is 0 Å². The molecule has 3 rings (SSSR count). The van der Waals surface area contributed by atoms with Crippen LogP contribution in [0.25, 0.3) is 11.4 Å². The van der Waals surface area contributed by atoms with E-state index in [0.29, 0.717) is 36.1 Å². The molecule has 1 aromatic carbocycles. The average Bonchev–Trinajstić information content (AvgIpc) is 2.76. The SMILES string of the molecule is O=c1[nH]c(-c2cc(Br)c3c(c2)OCCO3)no1. The Morgan fingerprint density at radius 2 is 2.12 bits per heavy atom. The molecule has 0 saturated carbocycles. The Hall–Kier alpha value is -1.76. The number of rotatable bonds is 1. The van der Waals surface area contributed by atoms with Crippen molar-refractivity contribution in [3.8, 4) is 22.9 Å². The molecule has 6 nitrogen and oxygen atoms in total. The maximum Gasteiger partial charge on any atom is 0.439 e. The minimum Gasteiger partial charge on any atom is -0.486 e. The lowest BCUT2D eigenvalue weighted by Gasteiger charge is -2.19. The fourth-order valence-electron chi connectivity index (χ4n) is 1.60. The maximum atomic E-state index is 10.9. The van der Waals surface area contributed by atoms with Gasteiger partial charge in [-0.05, 0) is 28.1 Å². The van der Waals surface area contributed by atoms with Gasteiger partial charge >= 0.3 is 5.76 Å². The topological polar surface area (TPSA) is 77.4 Å². The second-order valence-corrected chi connectivity index (χ2v) is 4.28. The summed E-state index contributed by atoms with van der Waals surface area (Å²) in [6, 6.07) is 3.52. The Labute approximate surface area is 104 Å². The second kappa shape index (κ2) is 3.92. The molecule has 88 valence electrons. The number of aromatic amines is 1. The normalized spacial score (nSPS) is 13.7. The zero-order valence-corrected chi connectivity index (χ0v) is 10.1. The lowest BCUT2D eigenvalue weighted by Crippen LogP contribution is -2.15. The van der Waals surface area contributed by atoms with Gasteiger partial charge in [0.1, 0.15) is 13.2 Å². The van der Waals surface area contributed by atoms with Gasteiger partial charge in [-0.1, -0.05) is 5.16 Å². The molecule has 17 heavy (non-hydrogen) atoms. The van der Waals surface area contributed by atoms with E-state index < -0.39 is 5.76 Å². The number of H-pyrrole nitrogens is 1. The van der Waals surface area contributed by atoms with E-state index in [-0.39, 0.29) is 0 Å². The monoisotopic (exact) mass is 298 g/mol. The van der Waals surface area contributed by atoms with Gasteiger partial charge in [0.15, 0.2) is 17.3 Å². The Kier molecular flexibility index (Phi) is 2.40. The highest BCUT2D eigenvalue weighted by atomic mass is 79.9. The standard InChI is InChI=1S/C10H7BrN2O4/c11-6-3-5(9-12-10(14)17-13-9)4-7-8(6)16-2-1-15-7/h3-4H,1-2H2,(H,12,13,14). The summed E-state index contributed by atoms with van der Waals surface area (Å²) >= 11 is 3.38. The number of nitrogens with zero attached hydrogens (tertiary/aromatic N) is 1. The van der Waals surface area contributed by atoms with Crippen LogP contribution in [0.2, 0.25) is 0 Å². The fourth-order valence-corrected chi connectivity index (χ4v) is 2.16. The molecule has 1 aromatic heterocycles. The summed E-state index contributed by atoms with van der Waals surface area (Å²) in [5.41, 5.74) is 0.687. The lowest BCUT2D eigenvalue weighted by atomic mass is 10.2. The van der Waals surface area contributed by atoms with Crippen LogP contribution >= 0.6 is 15.9 Å². The summed E-state index contributed by atoms with van der Waals surface area (Å²) in [4.78, 5) is 13.4. The molecule has 2 heterocycles. The molecule has 0 unspecified atom stereocenters. The van der Waals surface area contributed by atoms with Crippen molar-refractivity contribution < 1.29 is 14.0 Å². The summed E-state index contributed by atoms with van der Waals surface area (Å²) in [7, 11) is 0. The van der Waals surface area contributed by atoms with Gasteiger partial charge in [0.05, 0.1) is 4.47 Å². The van der Waals surface area contributed by atoms with E-state index in [4.69, 9.17) is 9.47 Å². The molecule has 0 aliphatic carbocycles. The first-order valence-corrected chi connectivity index (χ1v) is 5.69. The number of fused-ring (bicyclic) bond motifs is 1. The largest absolute Gasteiger partial charge is 0.486 e. The smallest absolute Gasteiger partial charge is 0.439 e. The van der Waals surface area contributed by atoms with Crippen molar-refractivity contribution in [2.24, 2.45) is 0 Å². The second-order valence-electron chi connectivity index (χ2n) is 3.43. The lowest BCUT2D eigenvalue weighted by molar-refractivity contribution is 0.170. The van der Waals surface area contributed by atoms with Crippen molar-refractivity contribution in [1.82, 2.24) is 10.1 Å². The molecule has 7 heteroatoms. The van der Waals surface area contributed by atoms with Gasteiger partial charge < -0.3 is 9.47 Å². The predicted molar refractivity (Wildman–Crippen MR) is 61.2 cm³/mol. The number of hydrogen-bond donors (Lipinski definition) is 1.